The van der Waals surface area contributed by atoms with Crippen molar-refractivity contribution in [2.45, 2.75) is 20.3 Å². The van der Waals surface area contributed by atoms with Crippen molar-refractivity contribution in [2.75, 3.05) is 0 Å². The number of allylic oxidation sites excluding steroid dienone is 3. The summed E-state index contributed by atoms with van der Waals surface area (Å²) in [5.41, 5.74) is 0. The topological polar surface area (TPSA) is 0 Å². The zero-order valence-corrected chi connectivity index (χ0v) is 6.30. The van der Waals surface area contributed by atoms with Crippen LogP contribution >= 0.6 is 0 Å². The van der Waals surface area contributed by atoms with Gasteiger partial charge in [-0.1, -0.05) is 38.7 Å². The van der Waals surface area contributed by atoms with E-state index in [0.29, 0.717) is 0 Å². The van der Waals surface area contributed by atoms with Crippen LogP contribution < -0.4 is 0 Å². The lowest BCUT2D eigenvalue weighted by molar-refractivity contribution is 0.647. The average Bonchev–Trinajstić information content (AvgIpc) is 1.80. The maximum Gasteiger partial charge on any atom is -0.0165 e. The van der Waals surface area contributed by atoms with E-state index >= 15 is 0 Å². The molecule has 0 aliphatic rings. The van der Waals surface area contributed by atoms with Gasteiger partial charge < -0.3 is 0 Å². The quantitative estimate of drug-likeness (QED) is 0.504. The number of hydrogen-bond acceptors (Lipinski definition) is 0. The fraction of sp³-hybridized carbons (Fsp3) is 0.444. The van der Waals surface area contributed by atoms with Crippen LogP contribution in [-0.2, 0) is 0 Å². The molecule has 0 heterocycles. The van der Waals surface area contributed by atoms with Crippen molar-refractivity contribution in [1.82, 2.24) is 0 Å². The van der Waals surface area contributed by atoms with Gasteiger partial charge in [0.15, 0.2) is 0 Å². The van der Waals surface area contributed by atoms with E-state index in [0.717, 1.165) is 12.3 Å². The van der Waals surface area contributed by atoms with E-state index in [1.54, 1.807) is 6.08 Å². The Bertz CT molecular complexity index is 88.2. The van der Waals surface area contributed by atoms with Crippen LogP contribution in [0.5, 0.6) is 0 Å². The molecule has 1 radical (unpaired) electrons. The minimum absolute atomic E-state index is 0.763. The Morgan fingerprint density at radius 3 is 2.44 bits per heavy atom. The fourth-order valence-electron chi connectivity index (χ4n) is 0.508. The van der Waals surface area contributed by atoms with Gasteiger partial charge in [0.05, 0.1) is 0 Å². The van der Waals surface area contributed by atoms with Gasteiger partial charge >= 0.3 is 0 Å². The highest BCUT2D eigenvalue weighted by Crippen LogP contribution is 2.02. The summed E-state index contributed by atoms with van der Waals surface area (Å²) < 4.78 is 0. The summed E-state index contributed by atoms with van der Waals surface area (Å²) in [5, 5.41) is 0. The second kappa shape index (κ2) is 5.61. The van der Waals surface area contributed by atoms with Gasteiger partial charge in [0.1, 0.15) is 0 Å². The van der Waals surface area contributed by atoms with Gasteiger partial charge in [-0.15, -0.1) is 0 Å². The Kier molecular flexibility index (Phi) is 5.29. The van der Waals surface area contributed by atoms with E-state index in [-0.39, 0.29) is 0 Å². The predicted octanol–water partition coefficient (Wildman–Crippen LogP) is 2.98. The summed E-state index contributed by atoms with van der Waals surface area (Å²) in [7, 11) is 0. The van der Waals surface area contributed by atoms with Crippen molar-refractivity contribution < 1.29 is 0 Å². The molecule has 0 rings (SSSR count). The first-order valence-electron chi connectivity index (χ1n) is 3.38. The molecule has 0 N–H and O–H groups in total. The summed E-state index contributed by atoms with van der Waals surface area (Å²) in [4.78, 5) is 0. The molecule has 0 nitrogen and oxygen atoms in total. The maximum atomic E-state index is 3.57. The lowest BCUT2D eigenvalue weighted by Crippen LogP contribution is -1.83. The third-order valence-corrected chi connectivity index (χ3v) is 0.991. The fourth-order valence-corrected chi connectivity index (χ4v) is 0.508. The molecule has 0 amide bonds. The molecular formula is C9H15. The first-order valence-corrected chi connectivity index (χ1v) is 3.38. The standard InChI is InChI=1S/C9H15/c1-4-5-6-7-8-9(2)3/h4-7,9H,1,8H2,2-3H3. The number of rotatable bonds is 4. The summed E-state index contributed by atoms with van der Waals surface area (Å²) in [6, 6.07) is 0. The van der Waals surface area contributed by atoms with Crippen LogP contribution in [0.3, 0.4) is 0 Å². The first kappa shape index (κ1) is 8.48. The molecule has 51 valence electrons. The summed E-state index contributed by atoms with van der Waals surface area (Å²) in [5.74, 6) is 0.763. The smallest absolute Gasteiger partial charge is 0.0165 e. The van der Waals surface area contributed by atoms with Gasteiger partial charge in [-0.25, -0.2) is 0 Å². The van der Waals surface area contributed by atoms with E-state index in [4.69, 9.17) is 0 Å². The lowest BCUT2D eigenvalue weighted by Gasteiger charge is -1.97. The van der Waals surface area contributed by atoms with Gasteiger partial charge in [-0.05, 0) is 18.8 Å². The molecule has 0 heteroatoms. The normalized spacial score (nSPS) is 11.0. The minimum Gasteiger partial charge on any atom is -0.0991 e. The van der Waals surface area contributed by atoms with E-state index < -0.39 is 0 Å². The second-order valence-corrected chi connectivity index (χ2v) is 2.49. The zero-order valence-electron chi connectivity index (χ0n) is 6.30. The Labute approximate surface area is 58.3 Å². The highest BCUT2D eigenvalue weighted by molar-refractivity contribution is 5.03. The van der Waals surface area contributed by atoms with Crippen molar-refractivity contribution in [3.8, 4) is 0 Å². The van der Waals surface area contributed by atoms with Crippen LogP contribution in [-0.4, -0.2) is 0 Å². The molecule has 0 unspecified atom stereocenters. The van der Waals surface area contributed by atoms with Crippen LogP contribution in [0.25, 0.3) is 0 Å². The predicted molar refractivity (Wildman–Crippen MR) is 43.1 cm³/mol. The Morgan fingerprint density at radius 1 is 1.33 bits per heavy atom. The molecule has 9 heavy (non-hydrogen) atoms. The van der Waals surface area contributed by atoms with Crippen LogP contribution in [0.15, 0.2) is 24.8 Å². The van der Waals surface area contributed by atoms with Crippen molar-refractivity contribution in [3.05, 3.63) is 31.2 Å². The van der Waals surface area contributed by atoms with Crippen molar-refractivity contribution in [1.29, 1.82) is 0 Å². The van der Waals surface area contributed by atoms with Gasteiger partial charge in [0, 0.05) is 0 Å². The first-order chi connectivity index (χ1) is 4.27. The van der Waals surface area contributed by atoms with Crippen LogP contribution in [0.4, 0.5) is 0 Å². The van der Waals surface area contributed by atoms with Crippen LogP contribution in [0.2, 0.25) is 0 Å². The van der Waals surface area contributed by atoms with E-state index in [2.05, 4.69) is 26.8 Å². The highest BCUT2D eigenvalue weighted by atomic mass is 13.9. The van der Waals surface area contributed by atoms with Crippen LogP contribution in [0.1, 0.15) is 20.3 Å². The maximum absolute atomic E-state index is 3.57. The molecule has 0 aromatic carbocycles. The molecule has 0 saturated carbocycles. The van der Waals surface area contributed by atoms with Crippen molar-refractivity contribution >= 4 is 0 Å². The molecule has 0 aromatic rings. The minimum atomic E-state index is 0.763. The SMILES string of the molecule is C=CC=C[CH]CC(C)C. The summed E-state index contributed by atoms with van der Waals surface area (Å²) >= 11 is 0. The molecule has 0 aliphatic heterocycles. The highest BCUT2D eigenvalue weighted by Gasteiger charge is 1.88. The molecule has 0 bridgehead atoms. The Balaban J connectivity index is 3.08. The molecule has 0 fully saturated rings. The summed E-state index contributed by atoms with van der Waals surface area (Å²) in [6.07, 6.45) is 9.09. The molecule has 0 spiro atoms. The van der Waals surface area contributed by atoms with Crippen molar-refractivity contribution in [2.24, 2.45) is 5.92 Å². The average molecular weight is 123 g/mol. The molecule has 0 saturated heterocycles. The van der Waals surface area contributed by atoms with Gasteiger partial charge in [0.2, 0.25) is 0 Å². The summed E-state index contributed by atoms with van der Waals surface area (Å²) in [6.45, 7) is 7.98. The second-order valence-electron chi connectivity index (χ2n) is 2.49. The molecular weight excluding hydrogens is 108 g/mol. The van der Waals surface area contributed by atoms with Crippen molar-refractivity contribution in [3.63, 3.8) is 0 Å². The number of hydrogen-bond donors (Lipinski definition) is 0. The van der Waals surface area contributed by atoms with E-state index in [1.807, 2.05) is 12.2 Å². The van der Waals surface area contributed by atoms with Gasteiger partial charge in [0.25, 0.3) is 0 Å². The largest absolute Gasteiger partial charge is 0.0991 e. The third-order valence-electron chi connectivity index (χ3n) is 0.991. The Hall–Kier alpha value is -0.520. The zero-order chi connectivity index (χ0) is 7.11. The molecule has 0 aromatic heterocycles. The van der Waals surface area contributed by atoms with Gasteiger partial charge in [-0.3, -0.25) is 0 Å². The van der Waals surface area contributed by atoms with Gasteiger partial charge in [-0.2, -0.15) is 0 Å². The molecule has 0 atom stereocenters. The molecule has 0 aliphatic carbocycles. The third kappa shape index (κ3) is 7.48. The van der Waals surface area contributed by atoms with E-state index in [1.165, 1.54) is 0 Å². The van der Waals surface area contributed by atoms with Crippen LogP contribution in [0, 0.1) is 12.3 Å². The Morgan fingerprint density at radius 2 is 2.00 bits per heavy atom. The lowest BCUT2D eigenvalue weighted by atomic mass is 10.1. The van der Waals surface area contributed by atoms with E-state index in [9.17, 15) is 0 Å². The monoisotopic (exact) mass is 123 g/mol.